The number of ether oxygens (including phenoxy) is 5. The lowest BCUT2D eigenvalue weighted by molar-refractivity contribution is -0.391. The number of nitrogens with one attached hydrogen (secondary N) is 1. The normalized spacial score (nSPS) is 22.1. The van der Waals surface area contributed by atoms with E-state index < -0.39 is 113 Å². The van der Waals surface area contributed by atoms with Crippen LogP contribution in [-0.4, -0.2) is 113 Å². The molecule has 340 valence electrons. The van der Waals surface area contributed by atoms with Crippen molar-refractivity contribution in [2.75, 3.05) is 19.0 Å². The van der Waals surface area contributed by atoms with Gasteiger partial charge in [0.15, 0.2) is 24.5 Å². The number of imidazole rings is 1. The molecule has 0 unspecified atom stereocenters. The van der Waals surface area contributed by atoms with E-state index in [1.54, 1.807) is 31.2 Å². The third kappa shape index (κ3) is 9.20. The van der Waals surface area contributed by atoms with Crippen molar-refractivity contribution in [3.8, 4) is 17.2 Å². The quantitative estimate of drug-likeness (QED) is 0.0531. The molecule has 4 aromatic rings. The largest absolute Gasteiger partial charge is 0.507 e. The number of methoxy groups -OCH3 is 1. The highest BCUT2D eigenvalue weighted by Crippen LogP contribution is 2.52. The number of nitrogens with zero attached hydrogens (tertiary/aromatic N) is 3. The molecule has 1 fully saturated rings. The number of carbonyl (C=O) groups excluding carboxylic acids is 5. The summed E-state index contributed by atoms with van der Waals surface area (Å²) in [5, 5.41) is 66.9. The van der Waals surface area contributed by atoms with Crippen molar-refractivity contribution in [3.05, 3.63) is 104 Å². The second-order valence-corrected chi connectivity index (χ2v) is 15.0. The summed E-state index contributed by atoms with van der Waals surface area (Å²) < 4.78 is 27.8. The number of phenols is 2. The second-order valence-electron chi connectivity index (χ2n) is 15.0. The van der Waals surface area contributed by atoms with Crippen LogP contribution in [0.5, 0.6) is 17.2 Å². The van der Waals surface area contributed by atoms with Crippen LogP contribution in [0.4, 0.5) is 21.1 Å². The number of fused-ring (bicyclic) bond motifs is 3. The highest BCUT2D eigenvalue weighted by atomic mass is 16.7. The number of primary amides is 1. The van der Waals surface area contributed by atoms with Crippen LogP contribution in [0.3, 0.4) is 0 Å². The number of rotatable bonds is 11. The van der Waals surface area contributed by atoms with Crippen LogP contribution >= 0.6 is 0 Å². The Morgan fingerprint density at radius 1 is 1.05 bits per heavy atom. The van der Waals surface area contributed by atoms with Gasteiger partial charge in [-0.15, -0.1) is 0 Å². The van der Waals surface area contributed by atoms with Crippen molar-refractivity contribution < 1.29 is 78.1 Å². The lowest BCUT2D eigenvalue weighted by Crippen LogP contribution is -2.53. The number of nitrogens with two attached hydrogens (primary N) is 2. The number of aromatic hydroxyl groups is 2. The van der Waals surface area contributed by atoms with Crippen LogP contribution in [0.15, 0.2) is 48.7 Å². The molecule has 2 amide bonds. The monoisotopic (exact) mass is 892 g/mol. The van der Waals surface area contributed by atoms with Crippen molar-refractivity contribution in [1.82, 2.24) is 9.55 Å². The number of ketones is 3. The second kappa shape index (κ2) is 18.8. The van der Waals surface area contributed by atoms with E-state index in [4.69, 9.17) is 30.4 Å². The van der Waals surface area contributed by atoms with E-state index in [0.717, 1.165) is 6.20 Å². The minimum absolute atomic E-state index is 0.0173. The van der Waals surface area contributed by atoms with Gasteiger partial charge in [-0.05, 0) is 35.6 Å². The lowest BCUT2D eigenvalue weighted by atomic mass is 9.72. The Bertz CT molecular complexity index is 2500. The summed E-state index contributed by atoms with van der Waals surface area (Å²) in [7, 11) is 2.78. The Morgan fingerprint density at radius 3 is 2.34 bits per heavy atom. The van der Waals surface area contributed by atoms with Gasteiger partial charge >= 0.3 is 18.0 Å². The predicted octanol–water partition coefficient (Wildman–Crippen LogP) is 1.67. The number of carbonyl (C=O) groups is 5. The Labute approximate surface area is 362 Å². The fourth-order valence-corrected chi connectivity index (χ4v) is 7.61. The maximum Gasteiger partial charge on any atom is 0.412 e. The molecule has 23 nitrogen and oxygen atoms in total. The third-order valence-electron chi connectivity index (χ3n) is 11.0. The molecule has 1 saturated heterocycles. The molecule has 2 aliphatic carbocycles. The first-order valence-electron chi connectivity index (χ1n) is 19.4. The lowest BCUT2D eigenvalue weighted by Gasteiger charge is -2.42. The number of phenolic OH excluding ortho intramolecular Hbond substituents is 2. The summed E-state index contributed by atoms with van der Waals surface area (Å²) in [6.07, 6.45) is -5.65. The van der Waals surface area contributed by atoms with E-state index in [2.05, 4.69) is 15.0 Å². The fraction of sp³-hybridized carbons (Fsp3) is 0.366. The molecule has 1 aliphatic heterocycles. The number of benzene rings is 3. The van der Waals surface area contributed by atoms with Crippen molar-refractivity contribution in [1.29, 1.82) is 0 Å². The summed E-state index contributed by atoms with van der Waals surface area (Å²) >= 11 is 0. The predicted molar refractivity (Wildman–Crippen MR) is 216 cm³/mol. The van der Waals surface area contributed by atoms with Gasteiger partial charge in [-0.3, -0.25) is 19.7 Å². The maximum atomic E-state index is 13.6. The zero-order valence-electron chi connectivity index (χ0n) is 34.4. The third-order valence-corrected chi connectivity index (χ3v) is 11.0. The van der Waals surface area contributed by atoms with Crippen molar-refractivity contribution in [2.45, 2.75) is 75.6 Å². The van der Waals surface area contributed by atoms with Crippen molar-refractivity contribution >= 4 is 41.0 Å². The molecule has 10 N–H and O–H groups in total. The molecule has 0 radical (unpaired) electrons. The van der Waals surface area contributed by atoms with Gasteiger partial charge in [0, 0.05) is 47.7 Å². The number of anilines is 1. The molecule has 7 rings (SSSR count). The van der Waals surface area contributed by atoms with E-state index in [9.17, 15) is 59.6 Å². The smallest absolute Gasteiger partial charge is 0.412 e. The van der Waals surface area contributed by atoms with Gasteiger partial charge in [0.1, 0.15) is 42.3 Å². The topological polar surface area (TPSA) is 358 Å². The maximum absolute atomic E-state index is 13.6. The molecule has 2 heterocycles. The van der Waals surface area contributed by atoms with Crippen LogP contribution in [0, 0.1) is 10.1 Å². The summed E-state index contributed by atoms with van der Waals surface area (Å²) in [5.41, 5.74) is 8.39. The van der Waals surface area contributed by atoms with Crippen LogP contribution in [0.2, 0.25) is 0 Å². The van der Waals surface area contributed by atoms with Crippen molar-refractivity contribution in [3.63, 3.8) is 0 Å². The summed E-state index contributed by atoms with van der Waals surface area (Å²) in [6.45, 7) is 0.364. The number of aliphatic hydroxyl groups excluding tert-OH is 2. The SMILES string of the molecule is COc1cccc2c1C(=O)c1c(O)c3c(c(O)c1C2=O)C[C@@](O)(C(=O)CO)C[C@@H]3O[C@H]1C[C@H](N)[C@H](O)[C@H](C)O1.Cn1c([N+](=O)[O-])cnc1COC(=O)Nc1ccc(COC(N)=O)cc1. The zero-order chi connectivity index (χ0) is 46.8. The minimum atomic E-state index is -2.24. The van der Waals surface area contributed by atoms with Gasteiger partial charge < -0.3 is 70.8 Å². The number of Topliss-reactive ketones (excluding diaryl/α,β-unsaturated/α-hetero) is 1. The molecule has 23 heteroatoms. The number of aliphatic hydroxyl groups is 3. The first-order valence-corrected chi connectivity index (χ1v) is 19.4. The van der Waals surface area contributed by atoms with Crippen LogP contribution in [0.1, 0.15) is 80.2 Å². The first-order chi connectivity index (χ1) is 30.3. The Morgan fingerprint density at radius 2 is 1.73 bits per heavy atom. The molecule has 6 atom stereocenters. The number of hydrogen-bond acceptors (Lipinski definition) is 19. The van der Waals surface area contributed by atoms with E-state index in [1.807, 2.05) is 0 Å². The van der Waals surface area contributed by atoms with Gasteiger partial charge in [0.25, 0.3) is 0 Å². The van der Waals surface area contributed by atoms with E-state index >= 15 is 0 Å². The average molecular weight is 893 g/mol. The van der Waals surface area contributed by atoms with Gasteiger partial charge in [0.05, 0.1) is 49.2 Å². The molecular weight excluding hydrogens is 848 g/mol. The van der Waals surface area contributed by atoms with Gasteiger partial charge in [0.2, 0.25) is 11.6 Å². The number of nitro groups is 1. The van der Waals surface area contributed by atoms with Gasteiger partial charge in [-0.25, -0.2) is 19.1 Å². The average Bonchev–Trinajstić information content (AvgIpc) is 3.64. The standard InChI is InChI=1S/C27H29NO11.C14H15N5O6/c1-10-22(31)13(28)6-17(38-10)39-15-8-27(36,16(30)9-29)7-12-19(15)26(35)21-20(24(12)33)23(32)11-4-3-5-14(37-2)18(11)25(21)34;1-18-11(16-6-12(18)19(22)23)8-25-14(21)17-10-4-2-9(3-5-10)7-24-13(15)20/h3-5,10,13,15,17,22,29,31,33,35-36H,6-9,28H2,1-2H3;2-6H,7-8H2,1H3,(H2,15,20)(H,17,21)/t10-,13-,15-,17-,22+,27-;/m0./s1. The molecule has 3 aliphatic rings. The summed E-state index contributed by atoms with van der Waals surface area (Å²) in [6, 6.07) is 10.1. The molecular formula is C41H44N6O17. The summed E-state index contributed by atoms with van der Waals surface area (Å²) in [4.78, 5) is 76.0. The Hall–Kier alpha value is -7.02. The zero-order valence-corrected chi connectivity index (χ0v) is 34.4. The van der Waals surface area contributed by atoms with Gasteiger partial charge in [-0.2, -0.15) is 0 Å². The molecule has 0 spiro atoms. The van der Waals surface area contributed by atoms with Gasteiger partial charge in [-0.1, -0.05) is 24.3 Å². The minimum Gasteiger partial charge on any atom is -0.507 e. The van der Waals surface area contributed by atoms with Crippen LogP contribution in [-0.2, 0) is 50.4 Å². The van der Waals surface area contributed by atoms with E-state index in [0.29, 0.717) is 11.3 Å². The number of aromatic nitrogens is 2. The Balaban J connectivity index is 0.000000235. The van der Waals surface area contributed by atoms with E-state index in [-0.39, 0.29) is 59.3 Å². The molecule has 1 aromatic heterocycles. The number of amides is 2. The van der Waals surface area contributed by atoms with Crippen LogP contribution in [0.25, 0.3) is 0 Å². The van der Waals surface area contributed by atoms with E-state index in [1.165, 1.54) is 36.9 Å². The fourth-order valence-electron chi connectivity index (χ4n) is 7.61. The first kappa shape index (κ1) is 46.5. The molecule has 64 heavy (non-hydrogen) atoms. The Kier molecular flexibility index (Phi) is 13.6. The number of hydrogen-bond donors (Lipinski definition) is 8. The molecule has 0 saturated carbocycles. The highest BCUT2D eigenvalue weighted by molar-refractivity contribution is 6.31. The highest BCUT2D eigenvalue weighted by Gasteiger charge is 2.50. The molecule has 0 bridgehead atoms. The van der Waals surface area contributed by atoms with Crippen LogP contribution < -0.4 is 21.5 Å². The van der Waals surface area contributed by atoms with Crippen molar-refractivity contribution in [2.24, 2.45) is 18.5 Å². The summed E-state index contributed by atoms with van der Waals surface area (Å²) in [5.74, 6) is -3.74. The molecule has 3 aromatic carbocycles.